The number of carbonyl (C=O) groups is 2. The lowest BCUT2D eigenvalue weighted by Gasteiger charge is -2.16. The minimum atomic E-state index is -0.568. The molecule has 2 amide bonds. The Hall–Kier alpha value is -4.96. The van der Waals surface area contributed by atoms with Gasteiger partial charge in [0, 0.05) is 16.8 Å². The molecule has 0 saturated heterocycles. The molecule has 0 saturated carbocycles. The zero-order valence-electron chi connectivity index (χ0n) is 20.0. The van der Waals surface area contributed by atoms with Crippen molar-refractivity contribution in [3.05, 3.63) is 115 Å². The molecule has 2 aromatic heterocycles. The van der Waals surface area contributed by atoms with Crippen LogP contribution in [0.3, 0.4) is 0 Å². The summed E-state index contributed by atoms with van der Waals surface area (Å²) in [7, 11) is 0. The van der Waals surface area contributed by atoms with Crippen LogP contribution in [0, 0.1) is 6.92 Å². The number of nitrogens with zero attached hydrogens (tertiary/aromatic N) is 4. The second kappa shape index (κ2) is 9.16. The van der Waals surface area contributed by atoms with Crippen molar-refractivity contribution in [1.29, 1.82) is 0 Å². The average molecular weight is 522 g/mol. The predicted octanol–water partition coefficient (Wildman–Crippen LogP) is 2.39. The molecule has 3 heterocycles. The second-order valence-corrected chi connectivity index (χ2v) is 9.74. The molecule has 0 atom stereocenters. The third-order valence-electron chi connectivity index (χ3n) is 6.16. The molecule has 9 nitrogen and oxygen atoms in total. The molecule has 5 aromatic rings. The summed E-state index contributed by atoms with van der Waals surface area (Å²) in [6, 6.07) is 23.1. The van der Waals surface area contributed by atoms with Crippen molar-refractivity contribution in [2.45, 2.75) is 6.92 Å². The molecule has 1 aliphatic heterocycles. The molecule has 38 heavy (non-hydrogen) atoms. The van der Waals surface area contributed by atoms with E-state index in [2.05, 4.69) is 15.4 Å². The largest absolute Gasteiger partial charge is 0.325 e. The molecule has 0 aliphatic carbocycles. The lowest BCUT2D eigenvalue weighted by molar-refractivity contribution is -0.118. The Morgan fingerprint density at radius 1 is 0.947 bits per heavy atom. The first-order valence-corrected chi connectivity index (χ1v) is 12.5. The molecule has 1 aliphatic rings. The topological polar surface area (TPSA) is 114 Å². The maximum Gasteiger partial charge on any atom is 0.300 e. The first-order valence-electron chi connectivity index (χ1n) is 11.7. The third kappa shape index (κ3) is 3.97. The van der Waals surface area contributed by atoms with Crippen LogP contribution in [-0.2, 0) is 9.59 Å². The highest BCUT2D eigenvalue weighted by Crippen LogP contribution is 2.35. The van der Waals surface area contributed by atoms with Crippen molar-refractivity contribution in [1.82, 2.24) is 14.6 Å². The Morgan fingerprint density at radius 3 is 2.50 bits per heavy atom. The van der Waals surface area contributed by atoms with Crippen molar-refractivity contribution in [3.63, 3.8) is 0 Å². The third-order valence-corrected chi connectivity index (χ3v) is 7.19. The maximum atomic E-state index is 13.7. The SMILES string of the molecule is Cc1cccc(NC(=O)CN2C(=O)/C(=c3\sc4nc(=O)c(-c5ccccc5)nn4c3=O)c3ccccc32)c1. The summed E-state index contributed by atoms with van der Waals surface area (Å²) >= 11 is 0.923. The van der Waals surface area contributed by atoms with E-state index in [0.717, 1.165) is 21.4 Å². The van der Waals surface area contributed by atoms with Gasteiger partial charge >= 0.3 is 5.56 Å². The number of aryl methyl sites for hydroxylation is 1. The van der Waals surface area contributed by atoms with Crippen LogP contribution in [-0.4, -0.2) is 33.0 Å². The summed E-state index contributed by atoms with van der Waals surface area (Å²) in [6.07, 6.45) is 0. The number of hydrogen-bond donors (Lipinski definition) is 1. The van der Waals surface area contributed by atoms with E-state index >= 15 is 0 Å². The van der Waals surface area contributed by atoms with E-state index in [1.807, 2.05) is 31.2 Å². The lowest BCUT2D eigenvalue weighted by Crippen LogP contribution is -2.37. The van der Waals surface area contributed by atoms with Gasteiger partial charge in [-0.05, 0) is 30.7 Å². The fraction of sp³-hybridized carbons (Fsp3) is 0.0714. The highest BCUT2D eigenvalue weighted by Gasteiger charge is 2.35. The number of anilines is 2. The Kier molecular flexibility index (Phi) is 5.65. The number of thiazole rings is 1. The second-order valence-electron chi connectivity index (χ2n) is 8.76. The molecule has 186 valence electrons. The molecule has 0 fully saturated rings. The van der Waals surface area contributed by atoms with E-state index in [0.29, 0.717) is 22.5 Å². The van der Waals surface area contributed by atoms with Gasteiger partial charge < -0.3 is 5.32 Å². The first-order chi connectivity index (χ1) is 18.4. The van der Waals surface area contributed by atoms with E-state index in [9.17, 15) is 19.2 Å². The van der Waals surface area contributed by atoms with Gasteiger partial charge in [0.05, 0.1) is 11.3 Å². The minimum absolute atomic E-state index is 0.0437. The van der Waals surface area contributed by atoms with Crippen LogP contribution in [0.15, 0.2) is 88.5 Å². The van der Waals surface area contributed by atoms with Crippen LogP contribution in [0.25, 0.3) is 21.8 Å². The Morgan fingerprint density at radius 2 is 1.71 bits per heavy atom. The van der Waals surface area contributed by atoms with Crippen molar-refractivity contribution in [2.24, 2.45) is 0 Å². The van der Waals surface area contributed by atoms with Crippen LogP contribution in [0.1, 0.15) is 11.1 Å². The molecule has 6 rings (SSSR count). The molecule has 3 aromatic carbocycles. The maximum absolute atomic E-state index is 13.7. The minimum Gasteiger partial charge on any atom is -0.325 e. The van der Waals surface area contributed by atoms with Gasteiger partial charge in [-0.25, -0.2) is 0 Å². The number of para-hydroxylation sites is 1. The van der Waals surface area contributed by atoms with Gasteiger partial charge in [-0.2, -0.15) is 14.6 Å². The summed E-state index contributed by atoms with van der Waals surface area (Å²) in [5.74, 6) is -0.861. The van der Waals surface area contributed by atoms with Crippen molar-refractivity contribution in [3.8, 4) is 11.3 Å². The van der Waals surface area contributed by atoms with Gasteiger partial charge in [-0.15, -0.1) is 0 Å². The van der Waals surface area contributed by atoms with E-state index in [1.165, 1.54) is 4.90 Å². The van der Waals surface area contributed by atoms with Crippen LogP contribution in [0.2, 0.25) is 0 Å². The highest BCUT2D eigenvalue weighted by molar-refractivity contribution is 7.15. The predicted molar refractivity (Wildman–Crippen MR) is 145 cm³/mol. The smallest absolute Gasteiger partial charge is 0.300 e. The Balaban J connectivity index is 1.45. The Bertz CT molecular complexity index is 1930. The van der Waals surface area contributed by atoms with Gasteiger partial charge in [-0.3, -0.25) is 24.1 Å². The molecule has 10 heteroatoms. The first kappa shape index (κ1) is 23.4. The average Bonchev–Trinajstić information content (AvgIpc) is 3.36. The Labute approximate surface area is 219 Å². The fourth-order valence-corrected chi connectivity index (χ4v) is 5.46. The van der Waals surface area contributed by atoms with E-state index < -0.39 is 17.0 Å². The number of rotatable bonds is 4. The number of nitrogens with one attached hydrogen (secondary N) is 1. The standard InChI is InChI=1S/C28H19N5O4S/c1-16-8-7-11-18(14-16)29-21(34)15-32-20-13-6-5-12-19(20)22(26(32)36)24-27(37)33-28(38-24)30-25(35)23(31-33)17-9-3-2-4-10-17/h2-14H,15H2,1H3,(H,29,34)/b24-22-. The van der Waals surface area contributed by atoms with Gasteiger partial charge in [0.2, 0.25) is 10.9 Å². The van der Waals surface area contributed by atoms with Crippen LogP contribution < -0.4 is 25.9 Å². The van der Waals surface area contributed by atoms with E-state index in [1.54, 1.807) is 54.6 Å². The van der Waals surface area contributed by atoms with Crippen molar-refractivity contribution in [2.75, 3.05) is 16.8 Å². The summed E-state index contributed by atoms with van der Waals surface area (Å²) in [6.45, 7) is 1.68. The summed E-state index contributed by atoms with van der Waals surface area (Å²) < 4.78 is 1.16. The zero-order chi connectivity index (χ0) is 26.4. The summed E-state index contributed by atoms with van der Waals surface area (Å²) in [5.41, 5.74) is 2.27. The van der Waals surface area contributed by atoms with Gasteiger partial charge in [0.25, 0.3) is 11.5 Å². The number of benzene rings is 3. The van der Waals surface area contributed by atoms with Crippen LogP contribution in [0.4, 0.5) is 11.4 Å². The monoisotopic (exact) mass is 521 g/mol. The normalized spacial score (nSPS) is 14.1. The molecule has 0 unspecified atom stereocenters. The number of hydrogen-bond acceptors (Lipinski definition) is 7. The molecule has 0 bridgehead atoms. The number of aromatic nitrogens is 3. The number of amides is 2. The zero-order valence-corrected chi connectivity index (χ0v) is 20.9. The van der Waals surface area contributed by atoms with Gasteiger partial charge in [0.15, 0.2) is 5.69 Å². The lowest BCUT2D eigenvalue weighted by atomic mass is 10.1. The molecular formula is C28H19N5O4S. The van der Waals surface area contributed by atoms with Gasteiger partial charge in [0.1, 0.15) is 11.1 Å². The molecule has 0 spiro atoms. The number of carbonyl (C=O) groups excluding carboxylic acids is 2. The number of fused-ring (bicyclic) bond motifs is 2. The molecule has 1 N–H and O–H groups in total. The summed E-state index contributed by atoms with van der Waals surface area (Å²) in [5, 5.41) is 7.09. The summed E-state index contributed by atoms with van der Waals surface area (Å²) in [4.78, 5) is 58.2. The molecule has 0 radical (unpaired) electrons. The van der Waals surface area contributed by atoms with Crippen LogP contribution >= 0.6 is 11.3 Å². The van der Waals surface area contributed by atoms with E-state index in [-0.39, 0.29) is 33.2 Å². The highest BCUT2D eigenvalue weighted by atomic mass is 32.1. The van der Waals surface area contributed by atoms with Crippen molar-refractivity contribution >= 4 is 45.1 Å². The quantitative estimate of drug-likeness (QED) is 0.389. The van der Waals surface area contributed by atoms with E-state index in [4.69, 9.17) is 0 Å². The van der Waals surface area contributed by atoms with Gasteiger partial charge in [-0.1, -0.05) is 72.0 Å². The van der Waals surface area contributed by atoms with Crippen molar-refractivity contribution < 1.29 is 9.59 Å². The van der Waals surface area contributed by atoms with Crippen LogP contribution in [0.5, 0.6) is 0 Å². The fourth-order valence-electron chi connectivity index (χ4n) is 4.46. The molecular weight excluding hydrogens is 502 g/mol.